The Labute approximate surface area is 220 Å². The van der Waals surface area contributed by atoms with Crippen LogP contribution < -0.4 is 9.47 Å². The maximum absolute atomic E-state index is 12.0. The summed E-state index contributed by atoms with van der Waals surface area (Å²) in [5.74, 6) is 1.07. The summed E-state index contributed by atoms with van der Waals surface area (Å²) in [7, 11) is 0. The predicted octanol–water partition coefficient (Wildman–Crippen LogP) is 8.96. The smallest absolute Gasteiger partial charge is 0.311 e. The van der Waals surface area contributed by atoms with E-state index in [9.17, 15) is 9.59 Å². The van der Waals surface area contributed by atoms with E-state index in [0.29, 0.717) is 25.2 Å². The van der Waals surface area contributed by atoms with E-state index in [0.717, 1.165) is 57.1 Å². The van der Waals surface area contributed by atoms with E-state index < -0.39 is 0 Å². The van der Waals surface area contributed by atoms with Crippen molar-refractivity contribution in [2.75, 3.05) is 6.61 Å². The molecule has 0 unspecified atom stereocenters. The largest absolute Gasteiger partial charge is 0.491 e. The van der Waals surface area contributed by atoms with Gasteiger partial charge < -0.3 is 14.2 Å². The molecule has 0 aliphatic heterocycles. The lowest BCUT2D eigenvalue weighted by Gasteiger charge is -2.10. The number of rotatable bonds is 23. The van der Waals surface area contributed by atoms with Gasteiger partial charge in [-0.2, -0.15) is 0 Å². The summed E-state index contributed by atoms with van der Waals surface area (Å²) in [6.07, 6.45) is 19.8. The molecule has 0 bridgehead atoms. The molecule has 0 fully saturated rings. The lowest BCUT2D eigenvalue weighted by molar-refractivity contribution is -0.144. The Morgan fingerprint density at radius 3 is 1.58 bits per heavy atom. The van der Waals surface area contributed by atoms with E-state index in [2.05, 4.69) is 6.92 Å². The average molecular weight is 505 g/mol. The molecular formula is C31H52O5. The summed E-state index contributed by atoms with van der Waals surface area (Å²) >= 11 is 0. The molecular weight excluding hydrogens is 452 g/mol. The van der Waals surface area contributed by atoms with Crippen LogP contribution in [0.15, 0.2) is 24.3 Å². The molecule has 0 atom stereocenters. The molecule has 1 aromatic carbocycles. The summed E-state index contributed by atoms with van der Waals surface area (Å²) in [5, 5.41) is 0. The van der Waals surface area contributed by atoms with Crippen molar-refractivity contribution in [1.82, 2.24) is 0 Å². The number of hydrogen-bond donors (Lipinski definition) is 0. The normalized spacial score (nSPS) is 11.0. The average Bonchev–Trinajstić information content (AvgIpc) is 2.85. The molecule has 0 amide bonds. The number of esters is 2. The molecule has 0 aromatic heterocycles. The fourth-order valence-electron chi connectivity index (χ4n) is 4.13. The monoisotopic (exact) mass is 504 g/mol. The van der Waals surface area contributed by atoms with Crippen LogP contribution in [-0.2, 0) is 14.3 Å². The molecule has 1 rings (SSSR count). The van der Waals surface area contributed by atoms with E-state index >= 15 is 0 Å². The number of hydrogen-bond acceptors (Lipinski definition) is 5. The first-order valence-electron chi connectivity index (χ1n) is 14.6. The molecule has 0 saturated carbocycles. The summed E-state index contributed by atoms with van der Waals surface area (Å²) in [6, 6.07) is 7.16. The van der Waals surface area contributed by atoms with Crippen LogP contribution in [0.3, 0.4) is 0 Å². The van der Waals surface area contributed by atoms with Gasteiger partial charge in [0.1, 0.15) is 11.5 Å². The quantitative estimate of drug-likeness (QED) is 0.0845. The van der Waals surface area contributed by atoms with Crippen molar-refractivity contribution in [3.05, 3.63) is 24.3 Å². The number of carbonyl (C=O) groups is 2. The topological polar surface area (TPSA) is 61.8 Å². The zero-order valence-electron chi connectivity index (χ0n) is 23.4. The zero-order valence-corrected chi connectivity index (χ0v) is 23.4. The number of carbonyl (C=O) groups excluding carboxylic acids is 2. The Hall–Kier alpha value is -2.04. The highest BCUT2D eigenvalue weighted by atomic mass is 16.5. The van der Waals surface area contributed by atoms with Crippen LogP contribution in [0.1, 0.15) is 136 Å². The van der Waals surface area contributed by atoms with Crippen molar-refractivity contribution in [3.63, 3.8) is 0 Å². The maximum atomic E-state index is 12.0. The van der Waals surface area contributed by atoms with E-state index in [4.69, 9.17) is 14.2 Å². The SMILES string of the molecule is CCCCCCCCCCCCOC(=O)CCCCCCCCC(=O)Oc1ccc(OC(C)C)cc1. The first-order valence-corrected chi connectivity index (χ1v) is 14.6. The van der Waals surface area contributed by atoms with Crippen LogP contribution in [0.5, 0.6) is 11.5 Å². The molecule has 206 valence electrons. The Balaban J connectivity index is 1.87. The Morgan fingerprint density at radius 2 is 1.06 bits per heavy atom. The van der Waals surface area contributed by atoms with Crippen LogP contribution in [0.25, 0.3) is 0 Å². The first-order chi connectivity index (χ1) is 17.5. The second-order valence-electron chi connectivity index (χ2n) is 10.1. The maximum Gasteiger partial charge on any atom is 0.311 e. The van der Waals surface area contributed by atoms with Crippen LogP contribution >= 0.6 is 0 Å². The molecule has 1 aromatic rings. The van der Waals surface area contributed by atoms with Crippen molar-refractivity contribution < 1.29 is 23.8 Å². The van der Waals surface area contributed by atoms with Crippen LogP contribution in [0.4, 0.5) is 0 Å². The van der Waals surface area contributed by atoms with Crippen LogP contribution in [0, 0.1) is 0 Å². The van der Waals surface area contributed by atoms with Gasteiger partial charge in [-0.05, 0) is 57.4 Å². The standard InChI is InChI=1S/C31H52O5/c1-4-5-6-7-8-9-10-13-16-19-26-34-30(32)20-17-14-11-12-15-18-21-31(33)36-29-24-22-28(23-25-29)35-27(2)3/h22-25,27H,4-21,26H2,1-3H3. The minimum absolute atomic E-state index is 0.0579. The molecule has 0 aliphatic carbocycles. The molecule has 36 heavy (non-hydrogen) atoms. The van der Waals surface area contributed by atoms with Gasteiger partial charge in [-0.1, -0.05) is 90.4 Å². The van der Waals surface area contributed by atoms with E-state index in [1.807, 2.05) is 26.0 Å². The Morgan fingerprint density at radius 1 is 0.611 bits per heavy atom. The molecule has 0 spiro atoms. The molecule has 0 radical (unpaired) electrons. The van der Waals surface area contributed by atoms with Crippen LogP contribution in [-0.4, -0.2) is 24.6 Å². The van der Waals surface area contributed by atoms with Gasteiger partial charge in [-0.25, -0.2) is 0 Å². The number of unbranched alkanes of at least 4 members (excludes halogenated alkanes) is 14. The zero-order chi connectivity index (χ0) is 26.3. The fraction of sp³-hybridized carbons (Fsp3) is 0.742. The van der Waals surface area contributed by atoms with E-state index in [-0.39, 0.29) is 18.0 Å². The van der Waals surface area contributed by atoms with E-state index in [1.54, 1.807) is 12.1 Å². The van der Waals surface area contributed by atoms with Crippen molar-refractivity contribution in [2.24, 2.45) is 0 Å². The Kier molecular flexibility index (Phi) is 19.7. The lowest BCUT2D eigenvalue weighted by Crippen LogP contribution is -2.08. The predicted molar refractivity (Wildman–Crippen MR) is 148 cm³/mol. The molecule has 5 heteroatoms. The summed E-state index contributed by atoms with van der Waals surface area (Å²) in [6.45, 7) is 6.77. The van der Waals surface area contributed by atoms with Gasteiger partial charge in [-0.3, -0.25) is 9.59 Å². The summed E-state index contributed by atoms with van der Waals surface area (Å²) < 4.78 is 16.3. The van der Waals surface area contributed by atoms with Crippen LogP contribution in [0.2, 0.25) is 0 Å². The fourth-order valence-corrected chi connectivity index (χ4v) is 4.13. The van der Waals surface area contributed by atoms with Gasteiger partial charge in [0.25, 0.3) is 0 Å². The van der Waals surface area contributed by atoms with Gasteiger partial charge in [0.15, 0.2) is 0 Å². The second kappa shape index (κ2) is 22.2. The van der Waals surface area contributed by atoms with Gasteiger partial charge >= 0.3 is 11.9 Å². The highest BCUT2D eigenvalue weighted by molar-refractivity contribution is 5.72. The highest BCUT2D eigenvalue weighted by Crippen LogP contribution is 2.19. The van der Waals surface area contributed by atoms with Crippen molar-refractivity contribution >= 4 is 11.9 Å². The number of benzene rings is 1. The summed E-state index contributed by atoms with van der Waals surface area (Å²) in [4.78, 5) is 23.8. The molecule has 0 saturated heterocycles. The Bertz CT molecular complexity index is 668. The van der Waals surface area contributed by atoms with Gasteiger partial charge in [0.05, 0.1) is 12.7 Å². The minimum atomic E-state index is -0.197. The van der Waals surface area contributed by atoms with Crippen molar-refractivity contribution in [3.8, 4) is 11.5 Å². The second-order valence-corrected chi connectivity index (χ2v) is 10.1. The number of ether oxygens (including phenoxy) is 3. The molecule has 0 N–H and O–H groups in total. The van der Waals surface area contributed by atoms with Gasteiger partial charge in [-0.15, -0.1) is 0 Å². The third-order valence-electron chi connectivity index (χ3n) is 6.20. The highest BCUT2D eigenvalue weighted by Gasteiger charge is 2.06. The van der Waals surface area contributed by atoms with Gasteiger partial charge in [0.2, 0.25) is 0 Å². The van der Waals surface area contributed by atoms with Crippen molar-refractivity contribution in [2.45, 2.75) is 142 Å². The first kappa shape index (κ1) is 32.0. The molecule has 0 heterocycles. The summed E-state index contributed by atoms with van der Waals surface area (Å²) in [5.41, 5.74) is 0. The third kappa shape index (κ3) is 19.2. The molecule has 0 aliphatic rings. The molecule has 5 nitrogen and oxygen atoms in total. The van der Waals surface area contributed by atoms with E-state index in [1.165, 1.54) is 51.4 Å². The third-order valence-corrected chi connectivity index (χ3v) is 6.20. The van der Waals surface area contributed by atoms with Gasteiger partial charge in [0, 0.05) is 12.8 Å². The van der Waals surface area contributed by atoms with Crippen molar-refractivity contribution in [1.29, 1.82) is 0 Å². The minimum Gasteiger partial charge on any atom is -0.491 e. The lowest BCUT2D eigenvalue weighted by atomic mass is 10.1.